The molecule has 6 nitrogen and oxygen atoms in total. The third-order valence-electron chi connectivity index (χ3n) is 3.12. The number of rotatable bonds is 3. The van der Waals surface area contributed by atoms with Crippen LogP contribution in [0.3, 0.4) is 0 Å². The Balaban J connectivity index is 1.80. The van der Waals surface area contributed by atoms with Gasteiger partial charge >= 0.3 is 11.9 Å². The molecule has 2 heterocycles. The molecule has 2 rings (SSSR count). The third-order valence-corrected chi connectivity index (χ3v) is 3.12. The summed E-state index contributed by atoms with van der Waals surface area (Å²) in [6.45, 7) is 2.90. The maximum absolute atomic E-state index is 11.8. The lowest BCUT2D eigenvalue weighted by Gasteiger charge is -2.31. The highest BCUT2D eigenvalue weighted by atomic mass is 16.5. The molecule has 0 saturated carbocycles. The fraction of sp³-hybridized carbons (Fsp3) is 0.500. The van der Waals surface area contributed by atoms with Crippen LogP contribution in [0.5, 0.6) is 5.75 Å². The molecule has 0 aliphatic carbocycles. The molecule has 0 unspecified atom stereocenters. The number of carbonyl (C=O) groups is 2. The van der Waals surface area contributed by atoms with Crippen LogP contribution in [-0.4, -0.2) is 47.6 Å². The standard InChI is InChI=1S/C14H18N2O4/c1-2-19-14(18)13(17)16-8-5-11(6-9-16)20-12-4-3-7-15-10-12/h3-4,7,10-11H,2,5-6,8-9H2,1H3. The SMILES string of the molecule is CCOC(=O)C(=O)N1CCC(Oc2cccnc2)CC1. The zero-order chi connectivity index (χ0) is 14.4. The smallest absolute Gasteiger partial charge is 0.397 e. The molecule has 6 heteroatoms. The minimum absolute atomic E-state index is 0.0467. The van der Waals surface area contributed by atoms with E-state index in [-0.39, 0.29) is 12.7 Å². The van der Waals surface area contributed by atoms with E-state index in [2.05, 4.69) is 4.98 Å². The van der Waals surface area contributed by atoms with Crippen LogP contribution in [0.15, 0.2) is 24.5 Å². The van der Waals surface area contributed by atoms with Crippen molar-refractivity contribution in [2.75, 3.05) is 19.7 Å². The topological polar surface area (TPSA) is 68.7 Å². The quantitative estimate of drug-likeness (QED) is 0.610. The third kappa shape index (κ3) is 3.69. The predicted octanol–water partition coefficient (Wildman–Crippen LogP) is 1.01. The number of ether oxygens (including phenoxy) is 2. The largest absolute Gasteiger partial charge is 0.489 e. The van der Waals surface area contributed by atoms with Gasteiger partial charge in [-0.25, -0.2) is 4.79 Å². The lowest BCUT2D eigenvalue weighted by Crippen LogP contribution is -2.45. The van der Waals surface area contributed by atoms with E-state index < -0.39 is 11.9 Å². The summed E-state index contributed by atoms with van der Waals surface area (Å²) in [5, 5.41) is 0. The summed E-state index contributed by atoms with van der Waals surface area (Å²) in [7, 11) is 0. The molecule has 1 saturated heterocycles. The molecule has 20 heavy (non-hydrogen) atoms. The lowest BCUT2D eigenvalue weighted by molar-refractivity contribution is -0.160. The number of piperidine rings is 1. The van der Waals surface area contributed by atoms with E-state index in [4.69, 9.17) is 9.47 Å². The molecule has 0 spiro atoms. The highest BCUT2D eigenvalue weighted by Gasteiger charge is 2.28. The summed E-state index contributed by atoms with van der Waals surface area (Å²) in [5.41, 5.74) is 0. The average Bonchev–Trinajstić information content (AvgIpc) is 2.48. The van der Waals surface area contributed by atoms with E-state index in [9.17, 15) is 9.59 Å². The summed E-state index contributed by atoms with van der Waals surface area (Å²) >= 11 is 0. The molecule has 0 aromatic carbocycles. The molecular formula is C14H18N2O4. The van der Waals surface area contributed by atoms with Gasteiger partial charge in [0.1, 0.15) is 11.9 Å². The molecule has 1 aromatic rings. The fourth-order valence-electron chi connectivity index (χ4n) is 2.11. The Bertz CT molecular complexity index is 456. The van der Waals surface area contributed by atoms with Crippen LogP contribution in [0.1, 0.15) is 19.8 Å². The number of likely N-dealkylation sites (tertiary alicyclic amines) is 1. The van der Waals surface area contributed by atoms with Gasteiger partial charge in [0, 0.05) is 32.1 Å². The number of pyridine rings is 1. The Morgan fingerprint density at radius 2 is 2.15 bits per heavy atom. The molecule has 1 amide bonds. The predicted molar refractivity (Wildman–Crippen MR) is 71.1 cm³/mol. The van der Waals surface area contributed by atoms with Gasteiger partial charge in [-0.1, -0.05) is 0 Å². The van der Waals surface area contributed by atoms with Crippen molar-refractivity contribution >= 4 is 11.9 Å². The van der Waals surface area contributed by atoms with Gasteiger partial charge in [0.15, 0.2) is 0 Å². The van der Waals surface area contributed by atoms with Crippen LogP contribution >= 0.6 is 0 Å². The van der Waals surface area contributed by atoms with Gasteiger partial charge in [-0.15, -0.1) is 0 Å². The van der Waals surface area contributed by atoms with Crippen molar-refractivity contribution in [1.29, 1.82) is 0 Å². The van der Waals surface area contributed by atoms with E-state index >= 15 is 0 Å². The van der Waals surface area contributed by atoms with Crippen LogP contribution in [0.2, 0.25) is 0 Å². The molecule has 1 aromatic heterocycles. The second-order valence-corrected chi connectivity index (χ2v) is 4.52. The Morgan fingerprint density at radius 3 is 2.75 bits per heavy atom. The zero-order valence-corrected chi connectivity index (χ0v) is 11.4. The van der Waals surface area contributed by atoms with E-state index in [1.807, 2.05) is 12.1 Å². The highest BCUT2D eigenvalue weighted by molar-refractivity contribution is 6.32. The molecule has 1 fully saturated rings. The molecule has 0 radical (unpaired) electrons. The van der Waals surface area contributed by atoms with E-state index in [0.717, 1.165) is 5.75 Å². The Hall–Kier alpha value is -2.11. The first-order valence-corrected chi connectivity index (χ1v) is 6.73. The Labute approximate surface area is 117 Å². The molecule has 108 valence electrons. The zero-order valence-electron chi connectivity index (χ0n) is 11.4. The number of esters is 1. The second kappa shape index (κ2) is 6.88. The maximum Gasteiger partial charge on any atom is 0.397 e. The molecule has 1 aliphatic rings. The molecule has 0 bridgehead atoms. The fourth-order valence-corrected chi connectivity index (χ4v) is 2.11. The van der Waals surface area contributed by atoms with Gasteiger partial charge in [-0.05, 0) is 19.1 Å². The number of nitrogens with zero attached hydrogens (tertiary/aromatic N) is 2. The van der Waals surface area contributed by atoms with Crippen LogP contribution in [0, 0.1) is 0 Å². The van der Waals surface area contributed by atoms with E-state index in [1.165, 1.54) is 4.90 Å². The number of amides is 1. The summed E-state index contributed by atoms with van der Waals surface area (Å²) in [6.07, 6.45) is 4.79. The van der Waals surface area contributed by atoms with Crippen molar-refractivity contribution in [3.05, 3.63) is 24.5 Å². The van der Waals surface area contributed by atoms with Gasteiger partial charge in [-0.2, -0.15) is 0 Å². The molecular weight excluding hydrogens is 260 g/mol. The van der Waals surface area contributed by atoms with Gasteiger partial charge in [-0.3, -0.25) is 9.78 Å². The minimum Gasteiger partial charge on any atom is -0.489 e. The van der Waals surface area contributed by atoms with Gasteiger partial charge in [0.05, 0.1) is 12.8 Å². The Kier molecular flexibility index (Phi) is 4.92. The van der Waals surface area contributed by atoms with Crippen LogP contribution < -0.4 is 4.74 Å². The second-order valence-electron chi connectivity index (χ2n) is 4.52. The number of carbonyl (C=O) groups excluding carboxylic acids is 2. The Morgan fingerprint density at radius 1 is 1.40 bits per heavy atom. The van der Waals surface area contributed by atoms with Crippen LogP contribution in [0.25, 0.3) is 0 Å². The molecule has 1 aliphatic heterocycles. The molecule has 0 atom stereocenters. The van der Waals surface area contributed by atoms with Crippen molar-refractivity contribution in [2.24, 2.45) is 0 Å². The van der Waals surface area contributed by atoms with Crippen molar-refractivity contribution in [3.63, 3.8) is 0 Å². The first-order chi connectivity index (χ1) is 9.70. The maximum atomic E-state index is 11.8. The van der Waals surface area contributed by atoms with Crippen LogP contribution in [-0.2, 0) is 14.3 Å². The summed E-state index contributed by atoms with van der Waals surface area (Å²) in [6, 6.07) is 3.66. The monoisotopic (exact) mass is 278 g/mol. The lowest BCUT2D eigenvalue weighted by atomic mass is 10.1. The highest BCUT2D eigenvalue weighted by Crippen LogP contribution is 2.18. The number of hydrogen-bond acceptors (Lipinski definition) is 5. The first-order valence-electron chi connectivity index (χ1n) is 6.73. The van der Waals surface area contributed by atoms with E-state index in [1.54, 1.807) is 19.3 Å². The average molecular weight is 278 g/mol. The first kappa shape index (κ1) is 14.3. The summed E-state index contributed by atoms with van der Waals surface area (Å²) < 4.78 is 10.5. The summed E-state index contributed by atoms with van der Waals surface area (Å²) in [5.74, 6) is -0.617. The number of hydrogen-bond donors (Lipinski definition) is 0. The van der Waals surface area contributed by atoms with Crippen molar-refractivity contribution in [2.45, 2.75) is 25.9 Å². The van der Waals surface area contributed by atoms with Crippen molar-refractivity contribution in [3.8, 4) is 5.75 Å². The van der Waals surface area contributed by atoms with Crippen molar-refractivity contribution in [1.82, 2.24) is 9.88 Å². The van der Waals surface area contributed by atoms with Crippen LogP contribution in [0.4, 0.5) is 0 Å². The normalized spacial score (nSPS) is 15.8. The summed E-state index contributed by atoms with van der Waals surface area (Å²) in [4.78, 5) is 28.6. The van der Waals surface area contributed by atoms with Gasteiger partial charge in [0.25, 0.3) is 0 Å². The van der Waals surface area contributed by atoms with Gasteiger partial charge < -0.3 is 14.4 Å². The number of aromatic nitrogens is 1. The van der Waals surface area contributed by atoms with Crippen molar-refractivity contribution < 1.29 is 19.1 Å². The minimum atomic E-state index is -0.779. The van der Waals surface area contributed by atoms with E-state index in [0.29, 0.717) is 25.9 Å². The van der Waals surface area contributed by atoms with Gasteiger partial charge in [0.2, 0.25) is 0 Å². The molecule has 0 N–H and O–H groups in total.